The summed E-state index contributed by atoms with van der Waals surface area (Å²) in [4.78, 5) is 2.23. The van der Waals surface area contributed by atoms with Crippen LogP contribution in [0.3, 0.4) is 0 Å². The highest BCUT2D eigenvalue weighted by Gasteiger charge is 2.31. The first-order valence-corrected chi connectivity index (χ1v) is 9.17. The first-order valence-electron chi connectivity index (χ1n) is 9.17. The Kier molecular flexibility index (Phi) is 5.00. The second-order valence-corrected chi connectivity index (χ2v) is 7.08. The summed E-state index contributed by atoms with van der Waals surface area (Å²) in [7, 11) is 0. The maximum absolute atomic E-state index is 13.0. The van der Waals surface area contributed by atoms with Crippen molar-refractivity contribution < 1.29 is 17.9 Å². The molecular formula is C22H21F3N2O. The number of ether oxygens (including phenoxy) is 1. The van der Waals surface area contributed by atoms with Gasteiger partial charge in [0.15, 0.2) is 0 Å². The van der Waals surface area contributed by atoms with Crippen molar-refractivity contribution in [2.45, 2.75) is 25.9 Å². The second kappa shape index (κ2) is 7.45. The van der Waals surface area contributed by atoms with E-state index in [9.17, 15) is 13.2 Å². The average molecular weight is 386 g/mol. The van der Waals surface area contributed by atoms with Gasteiger partial charge in [-0.25, -0.2) is 0 Å². The van der Waals surface area contributed by atoms with Gasteiger partial charge in [-0.2, -0.15) is 13.2 Å². The van der Waals surface area contributed by atoms with E-state index in [0.29, 0.717) is 12.3 Å². The minimum atomic E-state index is -4.36. The summed E-state index contributed by atoms with van der Waals surface area (Å²) in [6.45, 7) is 4.26. The summed E-state index contributed by atoms with van der Waals surface area (Å²) < 4.78 is 46.6. The van der Waals surface area contributed by atoms with E-state index in [2.05, 4.69) is 36.1 Å². The lowest BCUT2D eigenvalue weighted by Gasteiger charge is -2.22. The minimum Gasteiger partial charge on any atom is -0.357 e. The lowest BCUT2D eigenvalue weighted by Crippen LogP contribution is -2.23. The van der Waals surface area contributed by atoms with Crippen molar-refractivity contribution in [3.63, 3.8) is 0 Å². The van der Waals surface area contributed by atoms with Crippen LogP contribution in [-0.4, -0.2) is 22.6 Å². The number of hydrogen-bond acceptors (Lipinski definition) is 2. The molecule has 0 aliphatic carbocycles. The molecule has 1 fully saturated rings. The van der Waals surface area contributed by atoms with Crippen LogP contribution in [0.5, 0.6) is 0 Å². The number of alkyl halides is 3. The number of nitrogens with zero attached hydrogens (tertiary/aromatic N) is 2. The number of hydrogen-bond donors (Lipinski definition) is 0. The van der Waals surface area contributed by atoms with E-state index < -0.39 is 11.7 Å². The van der Waals surface area contributed by atoms with Gasteiger partial charge in [0, 0.05) is 36.7 Å². The fourth-order valence-corrected chi connectivity index (χ4v) is 3.46. The predicted molar refractivity (Wildman–Crippen MR) is 101 cm³/mol. The average Bonchev–Trinajstić information content (AvgIpc) is 3.32. The third-order valence-corrected chi connectivity index (χ3v) is 4.96. The van der Waals surface area contributed by atoms with E-state index in [0.717, 1.165) is 30.8 Å². The smallest absolute Gasteiger partial charge is 0.357 e. The van der Waals surface area contributed by atoms with Crippen molar-refractivity contribution in [2.24, 2.45) is 0 Å². The van der Waals surface area contributed by atoms with Crippen LogP contribution in [0.4, 0.5) is 13.2 Å². The van der Waals surface area contributed by atoms with Gasteiger partial charge in [-0.15, -0.1) is 0 Å². The molecule has 0 N–H and O–H groups in total. The summed E-state index contributed by atoms with van der Waals surface area (Å²) in [5.41, 5.74) is 3.18. The largest absolute Gasteiger partial charge is 0.416 e. The number of halogens is 3. The topological polar surface area (TPSA) is 17.4 Å². The standard InChI is InChI=1S/C22H21F3N2O/c1-16-5-7-17(8-6-16)14-27-11-12-28-21(27)18-9-10-26(15-18)20-4-2-3-19(13-20)22(23,24)25/h2-10,13,15,21H,11-12,14H2,1H3/t21-/m0/s1. The number of rotatable bonds is 4. The van der Waals surface area contributed by atoms with Gasteiger partial charge in [0.05, 0.1) is 12.2 Å². The maximum Gasteiger partial charge on any atom is 0.416 e. The highest BCUT2D eigenvalue weighted by molar-refractivity contribution is 5.39. The zero-order valence-corrected chi connectivity index (χ0v) is 15.5. The summed E-state index contributed by atoms with van der Waals surface area (Å²) in [5.74, 6) is 0. The molecule has 0 radical (unpaired) electrons. The molecule has 0 saturated carbocycles. The molecule has 0 amide bonds. The fourth-order valence-electron chi connectivity index (χ4n) is 3.46. The molecule has 2 aromatic carbocycles. The van der Waals surface area contributed by atoms with Crippen molar-refractivity contribution >= 4 is 0 Å². The molecule has 4 rings (SSSR count). The van der Waals surface area contributed by atoms with Crippen LogP contribution in [-0.2, 0) is 17.5 Å². The summed E-state index contributed by atoms with van der Waals surface area (Å²) in [6.07, 6.45) is -0.941. The van der Waals surface area contributed by atoms with Gasteiger partial charge in [-0.1, -0.05) is 35.9 Å². The monoisotopic (exact) mass is 386 g/mol. The Morgan fingerprint density at radius 3 is 2.61 bits per heavy atom. The molecule has 2 heterocycles. The highest BCUT2D eigenvalue weighted by atomic mass is 19.4. The van der Waals surface area contributed by atoms with Gasteiger partial charge in [-0.3, -0.25) is 4.90 Å². The molecule has 28 heavy (non-hydrogen) atoms. The Morgan fingerprint density at radius 1 is 1.07 bits per heavy atom. The van der Waals surface area contributed by atoms with E-state index in [1.54, 1.807) is 16.8 Å². The molecule has 3 aromatic rings. The van der Waals surface area contributed by atoms with Gasteiger partial charge in [0.25, 0.3) is 0 Å². The quantitative estimate of drug-likeness (QED) is 0.603. The SMILES string of the molecule is Cc1ccc(CN2CCO[C@H]2c2ccn(-c3cccc(C(F)(F)F)c3)c2)cc1. The number of benzene rings is 2. The summed E-state index contributed by atoms with van der Waals surface area (Å²) >= 11 is 0. The molecule has 3 nitrogen and oxygen atoms in total. The van der Waals surface area contributed by atoms with Gasteiger partial charge in [0.2, 0.25) is 0 Å². The zero-order valence-electron chi connectivity index (χ0n) is 15.5. The summed E-state index contributed by atoms with van der Waals surface area (Å²) in [6, 6.07) is 15.6. The molecule has 0 bridgehead atoms. The molecule has 1 saturated heterocycles. The van der Waals surface area contributed by atoms with Gasteiger partial charge in [-0.05, 0) is 36.8 Å². The molecule has 1 aromatic heterocycles. The van der Waals surface area contributed by atoms with Gasteiger partial charge in [0.1, 0.15) is 6.23 Å². The molecule has 0 spiro atoms. The number of aromatic nitrogens is 1. The van der Waals surface area contributed by atoms with E-state index in [-0.39, 0.29) is 6.23 Å². The lowest BCUT2D eigenvalue weighted by atomic mass is 10.1. The Bertz CT molecular complexity index is 947. The van der Waals surface area contributed by atoms with Crippen LogP contribution in [0, 0.1) is 6.92 Å². The van der Waals surface area contributed by atoms with Gasteiger partial charge >= 0.3 is 6.18 Å². The van der Waals surface area contributed by atoms with Crippen molar-refractivity contribution in [3.05, 3.63) is 89.2 Å². The molecule has 1 aliphatic heterocycles. The maximum atomic E-state index is 13.0. The molecular weight excluding hydrogens is 365 g/mol. The molecule has 1 aliphatic rings. The molecule has 1 atom stereocenters. The van der Waals surface area contributed by atoms with Crippen molar-refractivity contribution in [1.29, 1.82) is 0 Å². The van der Waals surface area contributed by atoms with Crippen LogP contribution in [0.2, 0.25) is 0 Å². The van der Waals surface area contributed by atoms with Crippen LogP contribution < -0.4 is 0 Å². The third-order valence-electron chi connectivity index (χ3n) is 4.96. The van der Waals surface area contributed by atoms with E-state index in [1.165, 1.54) is 17.2 Å². The zero-order chi connectivity index (χ0) is 19.7. The predicted octanol–water partition coefficient (Wildman–Crippen LogP) is 5.34. The van der Waals surface area contributed by atoms with E-state index >= 15 is 0 Å². The Hall–Kier alpha value is -2.57. The second-order valence-electron chi connectivity index (χ2n) is 7.08. The Balaban J connectivity index is 1.54. The molecule has 146 valence electrons. The van der Waals surface area contributed by atoms with Crippen LogP contribution in [0.25, 0.3) is 5.69 Å². The van der Waals surface area contributed by atoms with Crippen LogP contribution in [0.15, 0.2) is 67.0 Å². The first-order chi connectivity index (χ1) is 13.4. The normalized spacial score (nSPS) is 17.9. The van der Waals surface area contributed by atoms with Crippen molar-refractivity contribution in [3.8, 4) is 5.69 Å². The fraction of sp³-hybridized carbons (Fsp3) is 0.273. The van der Waals surface area contributed by atoms with Crippen molar-refractivity contribution in [2.75, 3.05) is 13.2 Å². The lowest BCUT2D eigenvalue weighted by molar-refractivity contribution is -0.137. The minimum absolute atomic E-state index is 0.201. The Labute approximate surface area is 162 Å². The molecule has 6 heteroatoms. The first kappa shape index (κ1) is 18.8. The summed E-state index contributed by atoms with van der Waals surface area (Å²) in [5, 5.41) is 0. The third kappa shape index (κ3) is 3.98. The van der Waals surface area contributed by atoms with Crippen LogP contribution >= 0.6 is 0 Å². The Morgan fingerprint density at radius 2 is 1.86 bits per heavy atom. The highest BCUT2D eigenvalue weighted by Crippen LogP contribution is 2.32. The van der Waals surface area contributed by atoms with Crippen molar-refractivity contribution in [1.82, 2.24) is 9.47 Å². The molecule has 0 unspecified atom stereocenters. The van der Waals surface area contributed by atoms with Crippen LogP contribution in [0.1, 0.15) is 28.5 Å². The van der Waals surface area contributed by atoms with E-state index in [4.69, 9.17) is 4.74 Å². The van der Waals surface area contributed by atoms with E-state index in [1.807, 2.05) is 12.3 Å². The van der Waals surface area contributed by atoms with Gasteiger partial charge < -0.3 is 9.30 Å². The number of aryl methyl sites for hydroxylation is 1.